The Balaban J connectivity index is 1.74. The van der Waals surface area contributed by atoms with Crippen molar-refractivity contribution < 1.29 is 22.4 Å². The van der Waals surface area contributed by atoms with Gasteiger partial charge in [0.15, 0.2) is 0 Å². The quantitative estimate of drug-likeness (QED) is 0.504. The molecule has 0 saturated carbocycles. The number of carbonyl (C=O) groups is 1. The third-order valence-corrected chi connectivity index (χ3v) is 6.19. The van der Waals surface area contributed by atoms with Crippen molar-refractivity contribution in [2.75, 3.05) is 13.7 Å². The Bertz CT molecular complexity index is 1090. The minimum atomic E-state index is -4.01. The molecule has 0 saturated heterocycles. The first-order valence-corrected chi connectivity index (χ1v) is 10.7. The van der Waals surface area contributed by atoms with E-state index in [1.165, 1.54) is 18.4 Å². The summed E-state index contributed by atoms with van der Waals surface area (Å²) >= 11 is 5.75. The van der Waals surface area contributed by atoms with E-state index < -0.39 is 22.5 Å². The van der Waals surface area contributed by atoms with E-state index in [1.54, 1.807) is 31.4 Å². The first kappa shape index (κ1) is 21.8. The summed E-state index contributed by atoms with van der Waals surface area (Å²) in [4.78, 5) is 16.3. The van der Waals surface area contributed by atoms with Gasteiger partial charge in [-0.05, 0) is 42.0 Å². The van der Waals surface area contributed by atoms with Gasteiger partial charge in [-0.3, -0.25) is 4.79 Å². The second kappa shape index (κ2) is 9.75. The van der Waals surface area contributed by atoms with Crippen LogP contribution in [0.5, 0.6) is 5.75 Å². The van der Waals surface area contributed by atoms with Gasteiger partial charge in [0.2, 0.25) is 15.9 Å². The van der Waals surface area contributed by atoms with Crippen LogP contribution in [0.3, 0.4) is 0 Å². The van der Waals surface area contributed by atoms with Crippen LogP contribution in [0.1, 0.15) is 11.3 Å². The molecule has 0 aliphatic rings. The van der Waals surface area contributed by atoms with Crippen molar-refractivity contribution in [2.45, 2.75) is 18.0 Å². The Hall–Kier alpha value is -2.88. The number of carbonyl (C=O) groups excluding carboxylic acids is 1. The van der Waals surface area contributed by atoms with Crippen molar-refractivity contribution in [3.05, 3.63) is 77.5 Å². The highest BCUT2D eigenvalue weighted by Gasteiger charge is 2.28. The van der Waals surface area contributed by atoms with Gasteiger partial charge in [-0.1, -0.05) is 23.7 Å². The second-order valence-corrected chi connectivity index (χ2v) is 8.62. The summed E-state index contributed by atoms with van der Waals surface area (Å²) in [7, 11) is -2.46. The van der Waals surface area contributed by atoms with E-state index in [1.807, 2.05) is 12.1 Å². The van der Waals surface area contributed by atoms with Crippen LogP contribution in [0, 0.1) is 0 Å². The lowest BCUT2D eigenvalue weighted by Crippen LogP contribution is -2.40. The van der Waals surface area contributed by atoms with Gasteiger partial charge in [0, 0.05) is 12.7 Å². The predicted octanol–water partition coefficient (Wildman–Crippen LogP) is 2.84. The molecular formula is C20H20ClN3O5S. The van der Waals surface area contributed by atoms with Crippen LogP contribution in [-0.2, 0) is 27.9 Å². The Labute approximate surface area is 179 Å². The molecule has 0 bridgehead atoms. The molecule has 8 nitrogen and oxygen atoms in total. The molecule has 0 spiro atoms. The summed E-state index contributed by atoms with van der Waals surface area (Å²) in [5.74, 6) is 0.606. The van der Waals surface area contributed by atoms with Gasteiger partial charge in [0.05, 0.1) is 26.5 Å². The maximum atomic E-state index is 13.1. The molecule has 30 heavy (non-hydrogen) atoms. The van der Waals surface area contributed by atoms with E-state index in [9.17, 15) is 13.2 Å². The van der Waals surface area contributed by atoms with Gasteiger partial charge in [-0.2, -0.15) is 4.31 Å². The zero-order valence-electron chi connectivity index (χ0n) is 16.1. The van der Waals surface area contributed by atoms with Crippen molar-refractivity contribution >= 4 is 27.5 Å². The van der Waals surface area contributed by atoms with Crippen LogP contribution in [0.4, 0.5) is 0 Å². The number of benzene rings is 1. The van der Waals surface area contributed by atoms with Gasteiger partial charge in [-0.25, -0.2) is 13.4 Å². The molecule has 0 fully saturated rings. The first-order valence-electron chi connectivity index (χ1n) is 8.92. The smallest absolute Gasteiger partial charge is 0.245 e. The number of furan rings is 1. The third kappa shape index (κ3) is 5.59. The lowest BCUT2D eigenvalue weighted by atomic mass is 10.2. The third-order valence-electron chi connectivity index (χ3n) is 4.19. The number of pyridine rings is 1. The summed E-state index contributed by atoms with van der Waals surface area (Å²) in [5.41, 5.74) is 0.824. The summed E-state index contributed by atoms with van der Waals surface area (Å²) in [6.45, 7) is -0.270. The van der Waals surface area contributed by atoms with Crippen LogP contribution >= 0.6 is 11.6 Å². The Morgan fingerprint density at radius 2 is 2.07 bits per heavy atom. The Morgan fingerprint density at radius 3 is 2.73 bits per heavy atom. The van der Waals surface area contributed by atoms with E-state index in [0.29, 0.717) is 11.5 Å². The molecule has 1 aromatic carbocycles. The summed E-state index contributed by atoms with van der Waals surface area (Å²) in [5, 5.41) is 2.89. The van der Waals surface area contributed by atoms with Gasteiger partial charge < -0.3 is 14.5 Å². The number of hydrogen-bond acceptors (Lipinski definition) is 6. The highest BCUT2D eigenvalue weighted by atomic mass is 35.5. The molecular weight excluding hydrogens is 430 g/mol. The Kier molecular flexibility index (Phi) is 7.09. The topological polar surface area (TPSA) is 102 Å². The zero-order chi connectivity index (χ0) is 21.6. The maximum Gasteiger partial charge on any atom is 0.245 e. The average molecular weight is 450 g/mol. The molecule has 0 aliphatic heterocycles. The summed E-state index contributed by atoms with van der Waals surface area (Å²) < 4.78 is 37.6. The SMILES string of the molecule is COc1cccc(CNC(=O)CN(Cc2ccco2)S(=O)(=O)c2ccc(Cl)nc2)c1. The molecule has 10 heteroatoms. The first-order chi connectivity index (χ1) is 14.4. The van der Waals surface area contributed by atoms with Gasteiger partial charge >= 0.3 is 0 Å². The molecule has 0 unspecified atom stereocenters. The number of rotatable bonds is 9. The lowest BCUT2D eigenvalue weighted by Gasteiger charge is -2.21. The number of hydrogen-bond donors (Lipinski definition) is 1. The van der Waals surface area contributed by atoms with Crippen LogP contribution in [0.2, 0.25) is 5.15 Å². The van der Waals surface area contributed by atoms with Crippen molar-refractivity contribution in [3.8, 4) is 5.75 Å². The molecule has 3 aromatic rings. The molecule has 2 aromatic heterocycles. The highest BCUT2D eigenvalue weighted by molar-refractivity contribution is 7.89. The van der Waals surface area contributed by atoms with Crippen molar-refractivity contribution in [2.24, 2.45) is 0 Å². The minimum absolute atomic E-state index is 0.0703. The Morgan fingerprint density at radius 1 is 1.23 bits per heavy atom. The molecule has 0 aliphatic carbocycles. The minimum Gasteiger partial charge on any atom is -0.497 e. The fourth-order valence-corrected chi connectivity index (χ4v) is 4.09. The fourth-order valence-electron chi connectivity index (χ4n) is 2.67. The summed E-state index contributed by atoms with van der Waals surface area (Å²) in [6, 6.07) is 13.2. The monoisotopic (exact) mass is 449 g/mol. The normalized spacial score (nSPS) is 11.4. The van der Waals surface area contributed by atoms with Crippen molar-refractivity contribution in [1.82, 2.24) is 14.6 Å². The molecule has 1 N–H and O–H groups in total. The lowest BCUT2D eigenvalue weighted by molar-refractivity contribution is -0.121. The van der Waals surface area contributed by atoms with E-state index in [-0.39, 0.29) is 23.1 Å². The van der Waals surface area contributed by atoms with Crippen LogP contribution in [0.25, 0.3) is 0 Å². The molecule has 1 amide bonds. The number of nitrogens with one attached hydrogen (secondary N) is 1. The zero-order valence-corrected chi connectivity index (χ0v) is 17.7. The van der Waals surface area contributed by atoms with Gasteiger partial charge in [-0.15, -0.1) is 0 Å². The van der Waals surface area contributed by atoms with Crippen molar-refractivity contribution in [3.63, 3.8) is 0 Å². The van der Waals surface area contributed by atoms with E-state index >= 15 is 0 Å². The van der Waals surface area contributed by atoms with E-state index in [2.05, 4.69) is 10.3 Å². The fraction of sp³-hybridized carbons (Fsp3) is 0.200. The van der Waals surface area contributed by atoms with Crippen LogP contribution in [-0.4, -0.2) is 37.3 Å². The highest BCUT2D eigenvalue weighted by Crippen LogP contribution is 2.19. The molecule has 0 radical (unpaired) electrons. The molecule has 2 heterocycles. The molecule has 3 rings (SSSR count). The average Bonchev–Trinajstić information content (AvgIpc) is 3.25. The number of aromatic nitrogens is 1. The number of amides is 1. The van der Waals surface area contributed by atoms with Crippen LogP contribution < -0.4 is 10.1 Å². The maximum absolute atomic E-state index is 13.1. The van der Waals surface area contributed by atoms with Gasteiger partial charge in [0.25, 0.3) is 0 Å². The number of sulfonamides is 1. The number of halogens is 1. The van der Waals surface area contributed by atoms with Crippen molar-refractivity contribution in [1.29, 1.82) is 0 Å². The number of methoxy groups -OCH3 is 1. The number of ether oxygens (including phenoxy) is 1. The predicted molar refractivity (Wildman–Crippen MR) is 110 cm³/mol. The standard InChI is InChI=1S/C20H20ClN3O5S/c1-28-16-5-2-4-15(10-16)11-23-20(25)14-24(13-17-6-3-9-29-17)30(26,27)18-7-8-19(21)22-12-18/h2-10,12H,11,13-14H2,1H3,(H,23,25). The molecule has 158 valence electrons. The van der Waals surface area contributed by atoms with E-state index in [0.717, 1.165) is 16.1 Å². The number of nitrogens with zero attached hydrogens (tertiary/aromatic N) is 2. The second-order valence-electron chi connectivity index (χ2n) is 6.30. The van der Waals surface area contributed by atoms with Gasteiger partial charge in [0.1, 0.15) is 21.6 Å². The molecule has 0 atom stereocenters. The summed E-state index contributed by atoms with van der Waals surface area (Å²) in [6.07, 6.45) is 2.59. The van der Waals surface area contributed by atoms with Crippen LogP contribution in [0.15, 0.2) is 70.3 Å². The van der Waals surface area contributed by atoms with E-state index in [4.69, 9.17) is 20.8 Å². The largest absolute Gasteiger partial charge is 0.497 e.